The second kappa shape index (κ2) is 6.90. The molecule has 1 heterocycles. The second-order valence-corrected chi connectivity index (χ2v) is 6.31. The normalized spacial score (nSPS) is 11.1. The smallest absolute Gasteiger partial charge is 0.0731 e. The number of aryl methyl sites for hydroxylation is 2. The fourth-order valence-corrected chi connectivity index (χ4v) is 2.97. The van der Waals surface area contributed by atoms with Crippen molar-refractivity contribution in [2.24, 2.45) is 0 Å². The molecule has 0 radical (unpaired) electrons. The Bertz CT molecular complexity index is 604. The summed E-state index contributed by atoms with van der Waals surface area (Å²) in [7, 11) is 0. The molecule has 0 amide bonds. The quantitative estimate of drug-likeness (QED) is 0.675. The van der Waals surface area contributed by atoms with Crippen LogP contribution in [0.15, 0.2) is 18.2 Å². The molecule has 3 heteroatoms. The van der Waals surface area contributed by atoms with Crippen LogP contribution in [0.3, 0.4) is 0 Å². The summed E-state index contributed by atoms with van der Waals surface area (Å²) in [6.45, 7) is 15.4. The van der Waals surface area contributed by atoms with Gasteiger partial charge in [-0.15, -0.1) is 0 Å². The molecule has 1 aromatic heterocycles. The molecule has 0 aliphatic carbocycles. The molecule has 2 nitrogen and oxygen atoms in total. The van der Waals surface area contributed by atoms with Crippen molar-refractivity contribution in [2.75, 3.05) is 0 Å². The van der Waals surface area contributed by atoms with Gasteiger partial charge in [-0.1, -0.05) is 32.0 Å². The van der Waals surface area contributed by atoms with E-state index in [1.165, 1.54) is 33.6 Å². The maximum atomic E-state index is 4.88. The van der Waals surface area contributed by atoms with Crippen LogP contribution in [-0.4, -0.2) is 9.78 Å². The standard InChI is InChI=1S/C18H26N2.Pd/c1-11(2)18-17(15(7)20(19-18)12(3)4)16-13(5)9-8-10-14(16)6;/h8-12H,1-7H3;. The molecule has 0 saturated carbocycles. The number of hydrogen-bond donors (Lipinski definition) is 0. The van der Waals surface area contributed by atoms with Crippen LogP contribution in [0.4, 0.5) is 0 Å². The maximum absolute atomic E-state index is 4.88. The van der Waals surface area contributed by atoms with Crippen molar-refractivity contribution in [3.05, 3.63) is 40.7 Å². The number of nitrogens with zero attached hydrogens (tertiary/aromatic N) is 2. The van der Waals surface area contributed by atoms with Crippen molar-refractivity contribution in [3.63, 3.8) is 0 Å². The average molecular weight is 377 g/mol. The van der Waals surface area contributed by atoms with E-state index in [2.05, 4.69) is 71.3 Å². The minimum Gasteiger partial charge on any atom is -0.266 e. The number of benzene rings is 1. The van der Waals surface area contributed by atoms with Gasteiger partial charge in [-0.2, -0.15) is 5.10 Å². The van der Waals surface area contributed by atoms with Crippen LogP contribution in [0.5, 0.6) is 0 Å². The number of hydrogen-bond acceptors (Lipinski definition) is 1. The zero-order valence-electron chi connectivity index (χ0n) is 14.1. The maximum Gasteiger partial charge on any atom is 0.0731 e. The summed E-state index contributed by atoms with van der Waals surface area (Å²) in [4.78, 5) is 0. The molecule has 0 N–H and O–H groups in total. The molecule has 21 heavy (non-hydrogen) atoms. The Balaban J connectivity index is 0.00000220. The second-order valence-electron chi connectivity index (χ2n) is 6.31. The average Bonchev–Trinajstić information content (AvgIpc) is 2.68. The molecular formula is C18H26N2Pd. The van der Waals surface area contributed by atoms with Gasteiger partial charge in [0.25, 0.3) is 0 Å². The molecule has 0 fully saturated rings. The third-order valence-corrected chi connectivity index (χ3v) is 3.94. The van der Waals surface area contributed by atoms with E-state index in [4.69, 9.17) is 5.10 Å². The number of aromatic nitrogens is 2. The first-order valence-corrected chi connectivity index (χ1v) is 7.50. The Morgan fingerprint density at radius 3 is 1.86 bits per heavy atom. The molecule has 0 aliphatic heterocycles. The van der Waals surface area contributed by atoms with Crippen LogP contribution in [0.2, 0.25) is 0 Å². The van der Waals surface area contributed by atoms with E-state index in [9.17, 15) is 0 Å². The first kappa shape index (κ1) is 18.1. The van der Waals surface area contributed by atoms with Crippen LogP contribution < -0.4 is 0 Å². The Morgan fingerprint density at radius 2 is 1.43 bits per heavy atom. The van der Waals surface area contributed by atoms with Crippen molar-refractivity contribution in [2.45, 2.75) is 60.4 Å². The van der Waals surface area contributed by atoms with Crippen molar-refractivity contribution >= 4 is 0 Å². The first-order chi connectivity index (χ1) is 9.34. The molecular weight excluding hydrogens is 351 g/mol. The predicted octanol–water partition coefficient (Wildman–Crippen LogP) is 5.18. The SMILES string of the molecule is Cc1cccc(C)c1-c1c(C(C)C)nn(C(C)C)c1C.[Pd]. The van der Waals surface area contributed by atoms with Gasteiger partial charge in [0.15, 0.2) is 0 Å². The molecule has 2 aromatic rings. The molecule has 0 bridgehead atoms. The molecule has 2 rings (SSSR count). The van der Waals surface area contributed by atoms with E-state index >= 15 is 0 Å². The van der Waals surface area contributed by atoms with Crippen LogP contribution in [0.1, 0.15) is 62.2 Å². The minimum absolute atomic E-state index is 0. The summed E-state index contributed by atoms with van der Waals surface area (Å²) >= 11 is 0. The van der Waals surface area contributed by atoms with E-state index < -0.39 is 0 Å². The van der Waals surface area contributed by atoms with Gasteiger partial charge in [0.1, 0.15) is 0 Å². The zero-order chi connectivity index (χ0) is 15.0. The summed E-state index contributed by atoms with van der Waals surface area (Å²) < 4.78 is 2.16. The first-order valence-electron chi connectivity index (χ1n) is 7.50. The van der Waals surface area contributed by atoms with Gasteiger partial charge in [0.2, 0.25) is 0 Å². The third-order valence-electron chi connectivity index (χ3n) is 3.94. The summed E-state index contributed by atoms with van der Waals surface area (Å²) in [6.07, 6.45) is 0. The molecule has 0 saturated heterocycles. The fourth-order valence-electron chi connectivity index (χ4n) is 2.97. The van der Waals surface area contributed by atoms with Gasteiger partial charge in [-0.3, -0.25) is 4.68 Å². The Labute approximate surface area is 142 Å². The van der Waals surface area contributed by atoms with Crippen LogP contribution in [0, 0.1) is 20.8 Å². The van der Waals surface area contributed by atoms with Crippen LogP contribution in [0.25, 0.3) is 11.1 Å². The van der Waals surface area contributed by atoms with Gasteiger partial charge >= 0.3 is 0 Å². The molecule has 118 valence electrons. The van der Waals surface area contributed by atoms with Crippen molar-refractivity contribution in [1.82, 2.24) is 9.78 Å². The molecule has 0 aliphatic rings. The monoisotopic (exact) mass is 376 g/mol. The Morgan fingerprint density at radius 1 is 0.905 bits per heavy atom. The van der Waals surface area contributed by atoms with Crippen LogP contribution in [-0.2, 0) is 20.4 Å². The van der Waals surface area contributed by atoms with E-state index in [0.717, 1.165) is 0 Å². The van der Waals surface area contributed by atoms with Gasteiger partial charge < -0.3 is 0 Å². The van der Waals surface area contributed by atoms with Gasteiger partial charge in [0, 0.05) is 37.7 Å². The fraction of sp³-hybridized carbons (Fsp3) is 0.500. The Kier molecular flexibility index (Phi) is 5.96. The minimum atomic E-state index is 0. The molecule has 0 spiro atoms. The third kappa shape index (κ3) is 3.30. The van der Waals surface area contributed by atoms with Crippen LogP contribution >= 0.6 is 0 Å². The van der Waals surface area contributed by atoms with Crippen molar-refractivity contribution in [3.8, 4) is 11.1 Å². The molecule has 0 unspecified atom stereocenters. The van der Waals surface area contributed by atoms with Crippen molar-refractivity contribution < 1.29 is 20.4 Å². The van der Waals surface area contributed by atoms with Gasteiger partial charge in [0.05, 0.1) is 5.69 Å². The molecule has 1 aromatic carbocycles. The van der Waals surface area contributed by atoms with E-state index in [1.54, 1.807) is 0 Å². The predicted molar refractivity (Wildman–Crippen MR) is 86.3 cm³/mol. The Hall–Kier alpha value is -0.908. The van der Waals surface area contributed by atoms with E-state index in [0.29, 0.717) is 12.0 Å². The topological polar surface area (TPSA) is 17.8 Å². The van der Waals surface area contributed by atoms with Crippen molar-refractivity contribution in [1.29, 1.82) is 0 Å². The summed E-state index contributed by atoms with van der Waals surface area (Å²) in [5, 5.41) is 4.88. The largest absolute Gasteiger partial charge is 0.266 e. The summed E-state index contributed by atoms with van der Waals surface area (Å²) in [6, 6.07) is 6.91. The van der Waals surface area contributed by atoms with Gasteiger partial charge in [-0.25, -0.2) is 0 Å². The summed E-state index contributed by atoms with van der Waals surface area (Å²) in [5.74, 6) is 0.433. The molecule has 0 atom stereocenters. The van der Waals surface area contributed by atoms with E-state index in [-0.39, 0.29) is 20.4 Å². The zero-order valence-corrected chi connectivity index (χ0v) is 15.7. The van der Waals surface area contributed by atoms with Gasteiger partial charge in [-0.05, 0) is 57.2 Å². The summed E-state index contributed by atoms with van der Waals surface area (Å²) in [5.41, 5.74) is 7.86. The number of rotatable bonds is 3. The van der Waals surface area contributed by atoms with E-state index in [1.807, 2.05) is 0 Å².